The largest absolute Gasteiger partial charge is 0.497 e. The number of rotatable bonds is 5. The Bertz CT molecular complexity index is 1390. The maximum absolute atomic E-state index is 12.7. The summed E-state index contributed by atoms with van der Waals surface area (Å²) in [7, 11) is 1.66. The van der Waals surface area contributed by atoms with Gasteiger partial charge in [0.25, 0.3) is 0 Å². The monoisotopic (exact) mass is 454 g/mol. The number of imidazole rings is 1. The quantitative estimate of drug-likeness (QED) is 0.361. The highest BCUT2D eigenvalue weighted by atomic mass is 16.5. The number of nitrogens with zero attached hydrogens (tertiary/aromatic N) is 4. The number of carbonyl (C=O) groups excluding carboxylic acids is 1. The van der Waals surface area contributed by atoms with Crippen LogP contribution in [0.4, 0.5) is 0 Å². The molecule has 0 bridgehead atoms. The fourth-order valence-electron chi connectivity index (χ4n) is 4.44. The molecule has 0 radical (unpaired) electrons. The highest BCUT2D eigenvalue weighted by Crippen LogP contribution is 2.37. The molecular formula is C27H26N4O3. The highest BCUT2D eigenvalue weighted by Gasteiger charge is 2.28. The van der Waals surface area contributed by atoms with Crippen molar-refractivity contribution in [2.75, 3.05) is 13.7 Å². The third-order valence-electron chi connectivity index (χ3n) is 6.31. The Morgan fingerprint density at radius 3 is 2.56 bits per heavy atom. The minimum Gasteiger partial charge on any atom is -0.497 e. The third-order valence-corrected chi connectivity index (χ3v) is 6.31. The summed E-state index contributed by atoms with van der Waals surface area (Å²) in [5, 5.41) is 0. The molecule has 34 heavy (non-hydrogen) atoms. The lowest BCUT2D eigenvalue weighted by atomic mass is 9.97. The molecule has 0 unspecified atom stereocenters. The van der Waals surface area contributed by atoms with E-state index in [-0.39, 0.29) is 6.61 Å². The smallest absolute Gasteiger partial charge is 0.357 e. The first-order valence-electron chi connectivity index (χ1n) is 11.3. The van der Waals surface area contributed by atoms with Gasteiger partial charge in [-0.1, -0.05) is 12.1 Å². The lowest BCUT2D eigenvalue weighted by Gasteiger charge is -2.16. The van der Waals surface area contributed by atoms with E-state index in [4.69, 9.17) is 14.5 Å². The van der Waals surface area contributed by atoms with Gasteiger partial charge in [0, 0.05) is 35.9 Å². The van der Waals surface area contributed by atoms with Crippen LogP contribution in [0.3, 0.4) is 0 Å². The predicted molar refractivity (Wildman–Crippen MR) is 129 cm³/mol. The summed E-state index contributed by atoms with van der Waals surface area (Å²) in [6.07, 6.45) is 4.46. The summed E-state index contributed by atoms with van der Waals surface area (Å²) in [5.41, 5.74) is 8.24. The van der Waals surface area contributed by atoms with Crippen molar-refractivity contribution in [3.05, 3.63) is 88.4 Å². The molecule has 0 spiro atoms. The summed E-state index contributed by atoms with van der Waals surface area (Å²) in [5.74, 6) is 1.31. The van der Waals surface area contributed by atoms with Crippen LogP contribution >= 0.6 is 0 Å². The van der Waals surface area contributed by atoms with E-state index in [0.717, 1.165) is 50.9 Å². The first-order chi connectivity index (χ1) is 16.5. The number of ether oxygens (including phenoxy) is 2. The van der Waals surface area contributed by atoms with E-state index in [9.17, 15) is 4.79 Å². The summed E-state index contributed by atoms with van der Waals surface area (Å²) in [4.78, 5) is 26.4. The molecule has 2 aromatic carbocycles. The van der Waals surface area contributed by atoms with Crippen LogP contribution < -0.4 is 4.74 Å². The molecule has 3 heterocycles. The van der Waals surface area contributed by atoms with Crippen molar-refractivity contribution in [3.8, 4) is 22.7 Å². The fraction of sp³-hybridized carbons (Fsp3) is 0.259. The summed E-state index contributed by atoms with van der Waals surface area (Å²) < 4.78 is 12.8. The van der Waals surface area contributed by atoms with Crippen molar-refractivity contribution in [3.63, 3.8) is 0 Å². The van der Waals surface area contributed by atoms with Crippen LogP contribution in [0.1, 0.15) is 51.2 Å². The molecule has 1 aliphatic rings. The zero-order valence-electron chi connectivity index (χ0n) is 19.8. The van der Waals surface area contributed by atoms with Crippen LogP contribution in [0.2, 0.25) is 0 Å². The zero-order valence-corrected chi connectivity index (χ0v) is 19.8. The van der Waals surface area contributed by atoms with Crippen molar-refractivity contribution in [2.24, 2.45) is 0 Å². The van der Waals surface area contributed by atoms with Gasteiger partial charge in [-0.3, -0.25) is 4.57 Å². The average molecular weight is 455 g/mol. The number of benzene rings is 2. The van der Waals surface area contributed by atoms with Gasteiger partial charge in [0.2, 0.25) is 0 Å². The van der Waals surface area contributed by atoms with E-state index in [0.29, 0.717) is 18.5 Å². The Kier molecular flexibility index (Phi) is 5.61. The number of fused-ring (bicyclic) bond motifs is 5. The summed E-state index contributed by atoms with van der Waals surface area (Å²) in [6, 6.07) is 12.3. The van der Waals surface area contributed by atoms with Gasteiger partial charge in [0.05, 0.1) is 25.1 Å². The molecule has 0 amide bonds. The number of hydrogen-bond acceptors (Lipinski definition) is 6. The Labute approximate surface area is 198 Å². The number of carbonyl (C=O) groups is 1. The van der Waals surface area contributed by atoms with Crippen LogP contribution in [0.15, 0.2) is 48.9 Å². The van der Waals surface area contributed by atoms with Crippen LogP contribution in [-0.4, -0.2) is 39.2 Å². The Morgan fingerprint density at radius 1 is 1.06 bits per heavy atom. The predicted octanol–water partition coefficient (Wildman–Crippen LogP) is 4.63. The van der Waals surface area contributed by atoms with Gasteiger partial charge < -0.3 is 9.47 Å². The van der Waals surface area contributed by atoms with Crippen LogP contribution in [-0.2, 0) is 17.6 Å². The molecule has 0 aliphatic carbocycles. The SMILES string of the molecule is CCOC(=O)c1ncnc2c1Cc1cnc(Cc3ccc(OC)cc3)n1-c1cc(C)c(C)cc1-2. The molecule has 5 rings (SSSR count). The van der Waals surface area contributed by atoms with Crippen LogP contribution in [0.25, 0.3) is 16.9 Å². The maximum atomic E-state index is 12.7. The molecule has 0 saturated heterocycles. The van der Waals surface area contributed by atoms with Crippen LogP contribution in [0, 0.1) is 13.8 Å². The first-order valence-corrected chi connectivity index (χ1v) is 11.3. The van der Waals surface area contributed by atoms with Crippen molar-refractivity contribution < 1.29 is 14.3 Å². The Morgan fingerprint density at radius 2 is 1.82 bits per heavy atom. The second-order valence-electron chi connectivity index (χ2n) is 8.43. The first kappa shape index (κ1) is 21.8. The van der Waals surface area contributed by atoms with E-state index in [1.807, 2.05) is 18.3 Å². The van der Waals surface area contributed by atoms with E-state index in [1.54, 1.807) is 14.0 Å². The third kappa shape index (κ3) is 3.73. The number of aromatic nitrogens is 4. The molecule has 7 heteroatoms. The molecule has 2 aromatic heterocycles. The van der Waals surface area contributed by atoms with Crippen molar-refractivity contribution in [1.29, 1.82) is 0 Å². The van der Waals surface area contributed by atoms with Crippen molar-refractivity contribution >= 4 is 5.97 Å². The van der Waals surface area contributed by atoms with E-state index in [2.05, 4.69) is 52.6 Å². The molecule has 0 fully saturated rings. The molecule has 1 aliphatic heterocycles. The maximum Gasteiger partial charge on any atom is 0.357 e. The van der Waals surface area contributed by atoms with Crippen molar-refractivity contribution in [2.45, 2.75) is 33.6 Å². The number of hydrogen-bond donors (Lipinski definition) is 0. The molecule has 0 saturated carbocycles. The van der Waals surface area contributed by atoms with Gasteiger partial charge in [0.1, 0.15) is 17.9 Å². The standard InChI is InChI=1S/C27H26N4O3/c1-5-34-27(32)26-22-13-19-14-28-24(12-18-6-8-20(33-4)9-7-18)31(19)23-11-17(3)16(2)10-21(23)25(22)29-15-30-26/h6-11,14-15H,5,12-13H2,1-4H3. The number of aryl methyl sites for hydroxylation is 2. The van der Waals surface area contributed by atoms with Crippen LogP contribution in [0.5, 0.6) is 5.75 Å². The summed E-state index contributed by atoms with van der Waals surface area (Å²) >= 11 is 0. The van der Waals surface area contributed by atoms with Gasteiger partial charge in [-0.25, -0.2) is 19.7 Å². The van der Waals surface area contributed by atoms with Gasteiger partial charge >= 0.3 is 5.97 Å². The normalized spacial score (nSPS) is 11.8. The molecule has 4 aromatic rings. The Balaban J connectivity index is 1.70. The van der Waals surface area contributed by atoms with E-state index < -0.39 is 5.97 Å². The molecular weight excluding hydrogens is 428 g/mol. The lowest BCUT2D eigenvalue weighted by molar-refractivity contribution is 0.0518. The molecule has 0 N–H and O–H groups in total. The van der Waals surface area contributed by atoms with E-state index in [1.165, 1.54) is 11.9 Å². The minimum atomic E-state index is -0.432. The number of esters is 1. The molecule has 172 valence electrons. The zero-order chi connectivity index (χ0) is 23.8. The fourth-order valence-corrected chi connectivity index (χ4v) is 4.44. The molecule has 7 nitrogen and oxygen atoms in total. The topological polar surface area (TPSA) is 79.1 Å². The van der Waals surface area contributed by atoms with Gasteiger partial charge in [0.15, 0.2) is 5.69 Å². The minimum absolute atomic E-state index is 0.288. The summed E-state index contributed by atoms with van der Waals surface area (Å²) in [6.45, 7) is 6.27. The lowest BCUT2D eigenvalue weighted by Crippen LogP contribution is -2.13. The Hall–Kier alpha value is -4.00. The molecule has 0 atom stereocenters. The van der Waals surface area contributed by atoms with Crippen molar-refractivity contribution in [1.82, 2.24) is 19.5 Å². The second-order valence-corrected chi connectivity index (χ2v) is 8.43. The van der Waals surface area contributed by atoms with Gasteiger partial charge in [-0.05, 0) is 61.7 Å². The highest BCUT2D eigenvalue weighted by molar-refractivity contribution is 5.92. The average Bonchev–Trinajstić information content (AvgIpc) is 3.17. The van der Waals surface area contributed by atoms with Gasteiger partial charge in [-0.15, -0.1) is 0 Å². The van der Waals surface area contributed by atoms with Gasteiger partial charge in [-0.2, -0.15) is 0 Å². The number of methoxy groups -OCH3 is 1. The second kappa shape index (κ2) is 8.74. The van der Waals surface area contributed by atoms with E-state index >= 15 is 0 Å².